The first-order chi connectivity index (χ1) is 11.4. The standard InChI is InChI=1S/C18H19N3O3/c1-12-3-5-14(6-4-12)11-20-17(23)18(24)21(13(2)22)16-9-7-15(19)8-10-16/h3-10H,11,19H2,1-2H3,(H,20,23). The fraction of sp³-hybridized carbons (Fsp3) is 0.167. The Kier molecular flexibility index (Phi) is 5.31. The molecule has 124 valence electrons. The summed E-state index contributed by atoms with van der Waals surface area (Å²) >= 11 is 0. The van der Waals surface area contributed by atoms with Crippen molar-refractivity contribution in [2.45, 2.75) is 20.4 Å². The molecule has 3 N–H and O–H groups in total. The number of nitrogens with one attached hydrogen (secondary N) is 1. The lowest BCUT2D eigenvalue weighted by molar-refractivity contribution is -0.139. The molecule has 0 saturated carbocycles. The van der Waals surface area contributed by atoms with Crippen molar-refractivity contribution >= 4 is 29.1 Å². The molecular formula is C18H19N3O3. The Morgan fingerprint density at radius 1 is 1.00 bits per heavy atom. The maximum absolute atomic E-state index is 12.3. The number of aryl methyl sites for hydroxylation is 1. The number of hydrogen-bond acceptors (Lipinski definition) is 4. The third kappa shape index (κ3) is 4.19. The second-order valence-corrected chi connectivity index (χ2v) is 5.42. The van der Waals surface area contributed by atoms with Gasteiger partial charge in [-0.2, -0.15) is 0 Å². The minimum absolute atomic E-state index is 0.207. The van der Waals surface area contributed by atoms with Crippen LogP contribution in [0.5, 0.6) is 0 Å². The molecule has 0 aromatic heterocycles. The van der Waals surface area contributed by atoms with Gasteiger partial charge in [0, 0.05) is 19.2 Å². The third-order valence-electron chi connectivity index (χ3n) is 3.44. The predicted octanol–water partition coefficient (Wildman–Crippen LogP) is 1.77. The molecule has 6 heteroatoms. The van der Waals surface area contributed by atoms with E-state index in [1.165, 1.54) is 19.1 Å². The van der Waals surface area contributed by atoms with Crippen molar-refractivity contribution in [3.05, 3.63) is 59.7 Å². The zero-order valence-corrected chi connectivity index (χ0v) is 13.6. The van der Waals surface area contributed by atoms with Crippen LogP contribution >= 0.6 is 0 Å². The average molecular weight is 325 g/mol. The fourth-order valence-electron chi connectivity index (χ4n) is 2.13. The van der Waals surface area contributed by atoms with Gasteiger partial charge in [0.25, 0.3) is 0 Å². The molecule has 3 amide bonds. The van der Waals surface area contributed by atoms with Crippen LogP contribution in [-0.2, 0) is 20.9 Å². The van der Waals surface area contributed by atoms with Crippen molar-refractivity contribution in [3.63, 3.8) is 0 Å². The third-order valence-corrected chi connectivity index (χ3v) is 3.44. The fourth-order valence-corrected chi connectivity index (χ4v) is 2.13. The Hall–Kier alpha value is -3.15. The lowest BCUT2D eigenvalue weighted by Gasteiger charge is -2.18. The van der Waals surface area contributed by atoms with E-state index in [1.807, 2.05) is 31.2 Å². The number of nitrogen functional groups attached to an aromatic ring is 1. The van der Waals surface area contributed by atoms with Gasteiger partial charge < -0.3 is 11.1 Å². The van der Waals surface area contributed by atoms with Gasteiger partial charge in [0.2, 0.25) is 5.91 Å². The van der Waals surface area contributed by atoms with Crippen LogP contribution in [0.25, 0.3) is 0 Å². The number of imide groups is 1. The lowest BCUT2D eigenvalue weighted by atomic mass is 10.1. The Bertz CT molecular complexity index is 752. The van der Waals surface area contributed by atoms with Gasteiger partial charge in [0.15, 0.2) is 0 Å². The number of nitrogens with zero attached hydrogens (tertiary/aromatic N) is 1. The Balaban J connectivity index is 2.08. The second-order valence-electron chi connectivity index (χ2n) is 5.42. The Morgan fingerprint density at radius 2 is 1.58 bits per heavy atom. The molecule has 0 saturated heterocycles. The first-order valence-electron chi connectivity index (χ1n) is 7.42. The summed E-state index contributed by atoms with van der Waals surface area (Å²) in [7, 11) is 0. The van der Waals surface area contributed by atoms with E-state index in [2.05, 4.69) is 5.32 Å². The van der Waals surface area contributed by atoms with E-state index in [0.717, 1.165) is 16.0 Å². The molecule has 0 aliphatic heterocycles. The van der Waals surface area contributed by atoms with Crippen molar-refractivity contribution in [1.82, 2.24) is 5.32 Å². The van der Waals surface area contributed by atoms with E-state index in [0.29, 0.717) is 11.4 Å². The van der Waals surface area contributed by atoms with Gasteiger partial charge in [-0.05, 0) is 36.8 Å². The van der Waals surface area contributed by atoms with Crippen LogP contribution in [0.3, 0.4) is 0 Å². The highest BCUT2D eigenvalue weighted by atomic mass is 16.2. The van der Waals surface area contributed by atoms with Crippen LogP contribution in [0.15, 0.2) is 48.5 Å². The molecule has 6 nitrogen and oxygen atoms in total. The van der Waals surface area contributed by atoms with E-state index in [4.69, 9.17) is 5.73 Å². The van der Waals surface area contributed by atoms with Gasteiger partial charge in [-0.15, -0.1) is 0 Å². The van der Waals surface area contributed by atoms with Gasteiger partial charge in [-0.3, -0.25) is 14.4 Å². The maximum atomic E-state index is 12.3. The van der Waals surface area contributed by atoms with Crippen LogP contribution in [0.2, 0.25) is 0 Å². The molecular weight excluding hydrogens is 306 g/mol. The van der Waals surface area contributed by atoms with Crippen LogP contribution < -0.4 is 16.0 Å². The summed E-state index contributed by atoms with van der Waals surface area (Å²) in [5.74, 6) is -2.32. The number of benzene rings is 2. The summed E-state index contributed by atoms with van der Waals surface area (Å²) in [4.78, 5) is 37.0. The number of anilines is 2. The van der Waals surface area contributed by atoms with Gasteiger partial charge in [-0.25, -0.2) is 4.90 Å². The molecule has 0 aliphatic carbocycles. The quantitative estimate of drug-likeness (QED) is 0.664. The summed E-state index contributed by atoms with van der Waals surface area (Å²) in [6.45, 7) is 3.39. The van der Waals surface area contributed by atoms with E-state index in [1.54, 1.807) is 12.1 Å². The average Bonchev–Trinajstić information content (AvgIpc) is 2.55. The SMILES string of the molecule is CC(=O)N(C(=O)C(=O)NCc1ccc(C)cc1)c1ccc(N)cc1. The molecule has 0 spiro atoms. The van der Waals surface area contributed by atoms with Crippen LogP contribution in [-0.4, -0.2) is 17.7 Å². The number of carbonyl (C=O) groups is 3. The summed E-state index contributed by atoms with van der Waals surface area (Å²) in [5, 5.41) is 2.53. The normalized spacial score (nSPS) is 10.1. The number of amides is 3. The second kappa shape index (κ2) is 7.41. The predicted molar refractivity (Wildman–Crippen MR) is 92.0 cm³/mol. The topological polar surface area (TPSA) is 92.5 Å². The Labute approximate surface area is 140 Å². The van der Waals surface area contributed by atoms with Crippen molar-refractivity contribution in [2.24, 2.45) is 0 Å². The molecule has 2 aromatic carbocycles. The molecule has 0 fully saturated rings. The highest BCUT2D eigenvalue weighted by Gasteiger charge is 2.26. The van der Waals surface area contributed by atoms with Gasteiger partial charge in [0.05, 0.1) is 5.69 Å². The molecule has 0 aliphatic rings. The zero-order chi connectivity index (χ0) is 17.7. The molecule has 24 heavy (non-hydrogen) atoms. The first-order valence-corrected chi connectivity index (χ1v) is 7.42. The summed E-state index contributed by atoms with van der Waals surface area (Å²) in [6, 6.07) is 13.7. The molecule has 0 radical (unpaired) electrons. The largest absolute Gasteiger partial charge is 0.399 e. The zero-order valence-electron chi connectivity index (χ0n) is 13.6. The van der Waals surface area contributed by atoms with Gasteiger partial charge in [0.1, 0.15) is 0 Å². The first kappa shape index (κ1) is 17.2. The van der Waals surface area contributed by atoms with E-state index >= 15 is 0 Å². The number of hydrogen-bond donors (Lipinski definition) is 2. The van der Waals surface area contributed by atoms with Crippen LogP contribution in [0.4, 0.5) is 11.4 Å². The molecule has 2 aromatic rings. The molecule has 2 rings (SSSR count). The lowest BCUT2D eigenvalue weighted by Crippen LogP contribution is -2.45. The van der Waals surface area contributed by atoms with Crippen molar-refractivity contribution in [3.8, 4) is 0 Å². The maximum Gasteiger partial charge on any atom is 0.323 e. The molecule has 0 bridgehead atoms. The highest BCUT2D eigenvalue weighted by Crippen LogP contribution is 2.17. The van der Waals surface area contributed by atoms with Crippen LogP contribution in [0, 0.1) is 6.92 Å². The van der Waals surface area contributed by atoms with Crippen molar-refractivity contribution < 1.29 is 14.4 Å². The van der Waals surface area contributed by atoms with Crippen molar-refractivity contribution in [2.75, 3.05) is 10.6 Å². The van der Waals surface area contributed by atoms with Gasteiger partial charge in [-0.1, -0.05) is 29.8 Å². The summed E-state index contributed by atoms with van der Waals surface area (Å²) < 4.78 is 0. The van der Waals surface area contributed by atoms with Gasteiger partial charge >= 0.3 is 11.8 Å². The smallest absolute Gasteiger partial charge is 0.323 e. The molecule has 0 atom stereocenters. The van der Waals surface area contributed by atoms with E-state index in [9.17, 15) is 14.4 Å². The molecule has 0 unspecified atom stereocenters. The van der Waals surface area contributed by atoms with Crippen LogP contribution in [0.1, 0.15) is 18.1 Å². The highest BCUT2D eigenvalue weighted by molar-refractivity contribution is 6.45. The molecule has 0 heterocycles. The number of carbonyl (C=O) groups excluding carboxylic acids is 3. The number of rotatable bonds is 3. The minimum Gasteiger partial charge on any atom is -0.399 e. The summed E-state index contributed by atoms with van der Waals surface area (Å²) in [5.41, 5.74) is 8.36. The van der Waals surface area contributed by atoms with E-state index < -0.39 is 17.7 Å². The number of nitrogens with two attached hydrogens (primary N) is 1. The van der Waals surface area contributed by atoms with Crippen molar-refractivity contribution in [1.29, 1.82) is 0 Å². The van der Waals surface area contributed by atoms with E-state index in [-0.39, 0.29) is 6.54 Å². The Morgan fingerprint density at radius 3 is 2.12 bits per heavy atom. The summed E-state index contributed by atoms with van der Waals surface area (Å²) in [6.07, 6.45) is 0. The minimum atomic E-state index is -0.931. The monoisotopic (exact) mass is 325 g/mol.